The highest BCUT2D eigenvalue weighted by atomic mass is 33.1. The molecule has 0 saturated carbocycles. The van der Waals surface area contributed by atoms with E-state index in [0.29, 0.717) is 22.8 Å². The van der Waals surface area contributed by atoms with E-state index in [1.165, 1.54) is 33.6 Å². The van der Waals surface area contributed by atoms with Crippen molar-refractivity contribution < 1.29 is 23.8 Å². The number of likely N-dealkylation sites (N-methyl/N-ethyl adjacent to an activating group) is 1. The molecule has 5 aliphatic rings. The van der Waals surface area contributed by atoms with Crippen LogP contribution in [0, 0.1) is 16.7 Å². The minimum absolute atomic E-state index is 0.0791. The zero-order valence-corrected chi connectivity index (χ0v) is 18.0. The molecule has 4 fully saturated rings. The second kappa shape index (κ2) is 5.67. The van der Waals surface area contributed by atoms with Gasteiger partial charge in [0.15, 0.2) is 21.2 Å². The van der Waals surface area contributed by atoms with E-state index in [-0.39, 0.29) is 25.0 Å². The van der Waals surface area contributed by atoms with Crippen LogP contribution in [0.3, 0.4) is 0 Å². The smallest absolute Gasteiger partial charge is 0.261 e. The average molecular weight is 434 g/mol. The maximum atomic E-state index is 13.6. The minimum atomic E-state index is -1.10. The van der Waals surface area contributed by atoms with E-state index in [0.717, 1.165) is 0 Å². The van der Waals surface area contributed by atoms with Gasteiger partial charge < -0.3 is 24.0 Å². The molecule has 1 aromatic carbocycles. The standard InChI is InChI=1S/C19H19N3O5S2/c1-17(8-20)7-19-16(24)21(3)18(2,28-29-19)15(23)22(19)14(17)10-5-11(25-4)13-12(6-10)26-9-27-13/h5-6,14H,7,9H2,1-4H3/t14-,17-,18+,19+/m1/s1. The molecular weight excluding hydrogens is 414 g/mol. The lowest BCUT2D eigenvalue weighted by Gasteiger charge is -2.57. The van der Waals surface area contributed by atoms with Gasteiger partial charge in [-0.15, -0.1) is 0 Å². The monoisotopic (exact) mass is 433 g/mol. The molecule has 0 unspecified atom stereocenters. The molecule has 0 aromatic heterocycles. The number of hydrogen-bond acceptors (Lipinski definition) is 8. The van der Waals surface area contributed by atoms with Gasteiger partial charge in [0.05, 0.1) is 24.6 Å². The van der Waals surface area contributed by atoms with Crippen molar-refractivity contribution in [1.82, 2.24) is 9.80 Å². The highest BCUT2D eigenvalue weighted by molar-refractivity contribution is 8.78. The van der Waals surface area contributed by atoms with Crippen LogP contribution in [0.5, 0.6) is 17.2 Å². The van der Waals surface area contributed by atoms with Gasteiger partial charge in [-0.1, -0.05) is 21.6 Å². The van der Waals surface area contributed by atoms with Gasteiger partial charge in [-0.2, -0.15) is 5.26 Å². The summed E-state index contributed by atoms with van der Waals surface area (Å²) in [5, 5.41) is 10.1. The second-order valence-corrected chi connectivity index (χ2v) is 10.8. The fourth-order valence-corrected chi connectivity index (χ4v) is 8.31. The van der Waals surface area contributed by atoms with Crippen LogP contribution in [0.1, 0.15) is 31.9 Å². The second-order valence-electron chi connectivity index (χ2n) is 8.04. The van der Waals surface area contributed by atoms with Gasteiger partial charge in [-0.05, 0) is 31.5 Å². The number of nitrogens with zero attached hydrogens (tertiary/aromatic N) is 3. The first-order chi connectivity index (χ1) is 13.7. The first-order valence-electron chi connectivity index (χ1n) is 9.09. The van der Waals surface area contributed by atoms with Gasteiger partial charge in [0, 0.05) is 13.5 Å². The number of carbonyl (C=O) groups excluding carboxylic acids is 2. The molecule has 10 heteroatoms. The van der Waals surface area contributed by atoms with E-state index >= 15 is 0 Å². The summed E-state index contributed by atoms with van der Waals surface area (Å²) in [6, 6.07) is 5.34. The zero-order valence-electron chi connectivity index (χ0n) is 16.3. The van der Waals surface area contributed by atoms with Gasteiger partial charge in [-0.3, -0.25) is 9.59 Å². The van der Waals surface area contributed by atoms with Gasteiger partial charge in [0.2, 0.25) is 12.5 Å². The van der Waals surface area contributed by atoms with Crippen molar-refractivity contribution in [3.8, 4) is 23.3 Å². The Morgan fingerprint density at radius 1 is 1.24 bits per heavy atom. The third kappa shape index (κ3) is 2.07. The molecule has 0 N–H and O–H groups in total. The van der Waals surface area contributed by atoms with E-state index in [2.05, 4.69) is 6.07 Å². The molecule has 2 bridgehead atoms. The normalized spacial score (nSPS) is 37.0. The molecule has 2 amide bonds. The van der Waals surface area contributed by atoms with Crippen LogP contribution in [-0.4, -0.2) is 52.3 Å². The molecule has 6 rings (SSSR count). The molecule has 1 spiro atoms. The molecule has 1 aromatic rings. The molecule has 0 radical (unpaired) electrons. The van der Waals surface area contributed by atoms with Crippen molar-refractivity contribution in [3.63, 3.8) is 0 Å². The highest BCUT2D eigenvalue weighted by Crippen LogP contribution is 2.69. The molecule has 152 valence electrons. The van der Waals surface area contributed by atoms with Crippen LogP contribution in [0.25, 0.3) is 0 Å². The van der Waals surface area contributed by atoms with Crippen molar-refractivity contribution in [2.75, 3.05) is 21.0 Å². The first kappa shape index (κ1) is 18.8. The SMILES string of the molecule is COc1cc([C@H]2N3C(=O)[C@]4(C)SS[C@@]3(C[C@]2(C)C#N)C(=O)N4C)cc2c1OCO2. The number of carbonyl (C=O) groups is 2. The number of methoxy groups -OCH3 is 1. The maximum Gasteiger partial charge on any atom is 0.261 e. The molecule has 4 saturated heterocycles. The third-order valence-electron chi connectivity index (χ3n) is 6.35. The molecule has 5 heterocycles. The first-order valence-corrected chi connectivity index (χ1v) is 11.2. The number of rotatable bonds is 2. The summed E-state index contributed by atoms with van der Waals surface area (Å²) in [5.41, 5.74) is -0.272. The quantitative estimate of drug-likeness (QED) is 0.657. The largest absolute Gasteiger partial charge is 0.493 e. The fraction of sp³-hybridized carbons (Fsp3) is 0.526. The zero-order chi connectivity index (χ0) is 20.8. The van der Waals surface area contributed by atoms with E-state index < -0.39 is 21.2 Å². The predicted molar refractivity (Wildman–Crippen MR) is 106 cm³/mol. The van der Waals surface area contributed by atoms with Crippen LogP contribution in [0.2, 0.25) is 0 Å². The molecule has 8 nitrogen and oxygen atoms in total. The van der Waals surface area contributed by atoms with Gasteiger partial charge >= 0.3 is 0 Å². The van der Waals surface area contributed by atoms with E-state index in [1.54, 1.807) is 31.0 Å². The summed E-state index contributed by atoms with van der Waals surface area (Å²) < 4.78 is 16.5. The number of fused-ring (bicyclic) bond motifs is 3. The number of nitriles is 1. The molecular formula is C19H19N3O5S2. The Morgan fingerprint density at radius 2 is 2.00 bits per heavy atom. The van der Waals surface area contributed by atoms with Gasteiger partial charge in [0.1, 0.15) is 0 Å². The Morgan fingerprint density at radius 3 is 2.69 bits per heavy atom. The molecule has 5 aliphatic heterocycles. The fourth-order valence-electron chi connectivity index (χ4n) is 4.73. The Balaban J connectivity index is 1.73. The summed E-state index contributed by atoms with van der Waals surface area (Å²) in [5.74, 6) is 1.18. The van der Waals surface area contributed by atoms with Crippen molar-refractivity contribution in [1.29, 1.82) is 5.26 Å². The van der Waals surface area contributed by atoms with Gasteiger partial charge in [0.25, 0.3) is 11.8 Å². The van der Waals surface area contributed by atoms with E-state index in [9.17, 15) is 14.9 Å². The van der Waals surface area contributed by atoms with Crippen LogP contribution < -0.4 is 14.2 Å². The lowest BCUT2D eigenvalue weighted by atomic mass is 9.79. The van der Waals surface area contributed by atoms with Crippen molar-refractivity contribution in [2.24, 2.45) is 5.41 Å². The Bertz CT molecular complexity index is 1010. The Kier molecular flexibility index (Phi) is 3.67. The topological polar surface area (TPSA) is 92.1 Å². The molecule has 29 heavy (non-hydrogen) atoms. The number of ether oxygens (including phenoxy) is 3. The number of amides is 2. The summed E-state index contributed by atoms with van der Waals surface area (Å²) in [7, 11) is 5.97. The summed E-state index contributed by atoms with van der Waals surface area (Å²) >= 11 is 0. The van der Waals surface area contributed by atoms with Crippen molar-refractivity contribution in [2.45, 2.75) is 36.1 Å². The Labute approximate surface area is 175 Å². The summed E-state index contributed by atoms with van der Waals surface area (Å²) in [6.45, 7) is 3.65. The van der Waals surface area contributed by atoms with E-state index in [4.69, 9.17) is 14.2 Å². The van der Waals surface area contributed by atoms with Crippen LogP contribution in [0.15, 0.2) is 12.1 Å². The Hall–Kier alpha value is -2.25. The van der Waals surface area contributed by atoms with Crippen LogP contribution in [0.4, 0.5) is 0 Å². The maximum absolute atomic E-state index is 13.6. The summed E-state index contributed by atoms with van der Waals surface area (Å²) in [6.07, 6.45) is 0.251. The van der Waals surface area contributed by atoms with Crippen molar-refractivity contribution >= 4 is 33.4 Å². The predicted octanol–water partition coefficient (Wildman–Crippen LogP) is 2.51. The molecule has 0 aliphatic carbocycles. The lowest BCUT2D eigenvalue weighted by molar-refractivity contribution is -0.164. The highest BCUT2D eigenvalue weighted by Gasteiger charge is 2.74. The number of benzene rings is 1. The van der Waals surface area contributed by atoms with E-state index in [1.807, 2.05) is 6.92 Å². The number of piperazine rings is 1. The lowest BCUT2D eigenvalue weighted by Crippen LogP contribution is -2.73. The number of hydrogen-bond donors (Lipinski definition) is 0. The molecule has 4 atom stereocenters. The minimum Gasteiger partial charge on any atom is -0.493 e. The van der Waals surface area contributed by atoms with Gasteiger partial charge in [-0.25, -0.2) is 0 Å². The average Bonchev–Trinajstić information content (AvgIpc) is 3.29. The third-order valence-corrected chi connectivity index (χ3v) is 10.0. The van der Waals surface area contributed by atoms with Crippen LogP contribution in [-0.2, 0) is 9.59 Å². The van der Waals surface area contributed by atoms with Crippen LogP contribution >= 0.6 is 21.6 Å². The van der Waals surface area contributed by atoms with Crippen molar-refractivity contribution in [3.05, 3.63) is 17.7 Å². The summed E-state index contributed by atoms with van der Waals surface area (Å²) in [4.78, 5) is 28.0.